The fraction of sp³-hybridized carbons (Fsp3) is 0.538. The van der Waals surface area contributed by atoms with Crippen LogP contribution in [0.4, 0.5) is 0 Å². The van der Waals surface area contributed by atoms with Crippen LogP contribution < -0.4 is 5.73 Å². The summed E-state index contributed by atoms with van der Waals surface area (Å²) in [5, 5.41) is 0. The molecular weight excluding hydrogens is 230 g/mol. The number of carbonyl (C=O) groups excluding carboxylic acids is 1. The van der Waals surface area contributed by atoms with E-state index in [2.05, 4.69) is 4.98 Å². The minimum absolute atomic E-state index is 0.00750. The molecule has 2 atom stereocenters. The number of methoxy groups -OCH3 is 1. The Morgan fingerprint density at radius 1 is 1.67 bits per heavy atom. The number of ether oxygens (including phenoxy) is 1. The number of likely N-dealkylation sites (tertiary alicyclic amines) is 1. The topological polar surface area (TPSA) is 68.5 Å². The van der Waals surface area contributed by atoms with Gasteiger partial charge in [-0.2, -0.15) is 0 Å². The van der Waals surface area contributed by atoms with Crippen molar-refractivity contribution in [3.05, 3.63) is 30.1 Å². The molecule has 0 saturated carbocycles. The summed E-state index contributed by atoms with van der Waals surface area (Å²) in [6.07, 6.45) is 5.13. The molecule has 2 unspecified atom stereocenters. The number of rotatable bonds is 3. The van der Waals surface area contributed by atoms with Gasteiger partial charge in [-0.1, -0.05) is 0 Å². The zero-order valence-electron chi connectivity index (χ0n) is 10.6. The van der Waals surface area contributed by atoms with E-state index in [1.165, 1.54) is 0 Å². The van der Waals surface area contributed by atoms with E-state index in [4.69, 9.17) is 10.5 Å². The maximum absolute atomic E-state index is 12.4. The zero-order valence-corrected chi connectivity index (χ0v) is 10.6. The third-order valence-corrected chi connectivity index (χ3v) is 3.44. The first-order valence-corrected chi connectivity index (χ1v) is 6.20. The zero-order chi connectivity index (χ0) is 13.0. The van der Waals surface area contributed by atoms with Gasteiger partial charge in [-0.3, -0.25) is 9.78 Å². The summed E-state index contributed by atoms with van der Waals surface area (Å²) in [5.41, 5.74) is 6.38. The first-order chi connectivity index (χ1) is 8.76. The quantitative estimate of drug-likeness (QED) is 0.854. The predicted molar refractivity (Wildman–Crippen MR) is 68.1 cm³/mol. The fourth-order valence-corrected chi connectivity index (χ4v) is 2.37. The highest BCUT2D eigenvalue weighted by Crippen LogP contribution is 2.21. The van der Waals surface area contributed by atoms with Crippen molar-refractivity contribution in [2.75, 3.05) is 20.2 Å². The molecule has 1 amide bonds. The maximum Gasteiger partial charge on any atom is 0.255 e. The van der Waals surface area contributed by atoms with E-state index < -0.39 is 0 Å². The Labute approximate surface area is 107 Å². The molecule has 0 bridgehead atoms. The van der Waals surface area contributed by atoms with Crippen molar-refractivity contribution in [1.29, 1.82) is 0 Å². The molecule has 1 aromatic rings. The van der Waals surface area contributed by atoms with Gasteiger partial charge in [0.05, 0.1) is 11.7 Å². The molecule has 0 spiro atoms. The molecule has 18 heavy (non-hydrogen) atoms. The van der Waals surface area contributed by atoms with Gasteiger partial charge in [0.1, 0.15) is 0 Å². The largest absolute Gasteiger partial charge is 0.381 e. The minimum atomic E-state index is 0.00750. The second-order valence-corrected chi connectivity index (χ2v) is 4.51. The van der Waals surface area contributed by atoms with Gasteiger partial charge in [0.25, 0.3) is 5.91 Å². The van der Waals surface area contributed by atoms with E-state index in [-0.39, 0.29) is 18.1 Å². The number of aromatic nitrogens is 1. The van der Waals surface area contributed by atoms with Crippen molar-refractivity contribution in [2.45, 2.75) is 25.0 Å². The number of nitrogens with two attached hydrogens (primary N) is 1. The summed E-state index contributed by atoms with van der Waals surface area (Å²) in [6.45, 7) is 1.15. The fourth-order valence-electron chi connectivity index (χ4n) is 2.37. The van der Waals surface area contributed by atoms with Crippen LogP contribution in [0.25, 0.3) is 0 Å². The lowest BCUT2D eigenvalue weighted by molar-refractivity contribution is 0.0139. The molecule has 1 fully saturated rings. The third kappa shape index (κ3) is 2.68. The van der Waals surface area contributed by atoms with Crippen LogP contribution in [0.5, 0.6) is 0 Å². The lowest BCUT2D eigenvalue weighted by Crippen LogP contribution is -2.51. The van der Waals surface area contributed by atoms with E-state index in [0.717, 1.165) is 12.8 Å². The van der Waals surface area contributed by atoms with E-state index in [0.29, 0.717) is 18.7 Å². The summed E-state index contributed by atoms with van der Waals surface area (Å²) in [5.74, 6) is 0.00750. The minimum Gasteiger partial charge on any atom is -0.381 e. The van der Waals surface area contributed by atoms with Crippen LogP contribution in [0.1, 0.15) is 23.2 Å². The Kier molecular flexibility index (Phi) is 4.28. The SMILES string of the molecule is COC1CCN(C(=O)c2cccnc2)C(CN)C1. The number of pyridine rings is 1. The van der Waals surface area contributed by atoms with Crippen LogP contribution in [0, 0.1) is 0 Å². The smallest absolute Gasteiger partial charge is 0.255 e. The third-order valence-electron chi connectivity index (χ3n) is 3.44. The van der Waals surface area contributed by atoms with Crippen LogP contribution in [0.15, 0.2) is 24.5 Å². The molecule has 1 aliphatic rings. The van der Waals surface area contributed by atoms with E-state index in [1.807, 2.05) is 4.90 Å². The molecule has 2 N–H and O–H groups in total. The van der Waals surface area contributed by atoms with Gasteiger partial charge in [-0.05, 0) is 25.0 Å². The van der Waals surface area contributed by atoms with Crippen LogP contribution in [0.3, 0.4) is 0 Å². The highest BCUT2D eigenvalue weighted by atomic mass is 16.5. The van der Waals surface area contributed by atoms with Crippen molar-refractivity contribution >= 4 is 5.91 Å². The molecule has 2 rings (SSSR count). The van der Waals surface area contributed by atoms with Gasteiger partial charge >= 0.3 is 0 Å². The van der Waals surface area contributed by atoms with Crippen LogP contribution >= 0.6 is 0 Å². The summed E-state index contributed by atoms with van der Waals surface area (Å²) >= 11 is 0. The number of carbonyl (C=O) groups is 1. The Morgan fingerprint density at radius 3 is 3.11 bits per heavy atom. The highest BCUT2D eigenvalue weighted by molar-refractivity contribution is 5.94. The molecule has 1 aromatic heterocycles. The first-order valence-electron chi connectivity index (χ1n) is 6.20. The average Bonchev–Trinajstić information content (AvgIpc) is 2.46. The Hall–Kier alpha value is -1.46. The van der Waals surface area contributed by atoms with E-state index in [1.54, 1.807) is 31.6 Å². The van der Waals surface area contributed by atoms with Crippen molar-refractivity contribution in [2.24, 2.45) is 5.73 Å². The van der Waals surface area contributed by atoms with E-state index in [9.17, 15) is 4.79 Å². The molecule has 1 saturated heterocycles. The highest BCUT2D eigenvalue weighted by Gasteiger charge is 2.31. The number of piperidine rings is 1. The summed E-state index contributed by atoms with van der Waals surface area (Å²) < 4.78 is 5.35. The van der Waals surface area contributed by atoms with Crippen LogP contribution in [-0.4, -0.2) is 48.1 Å². The summed E-state index contributed by atoms with van der Waals surface area (Å²) in [4.78, 5) is 18.2. The average molecular weight is 249 g/mol. The molecule has 0 radical (unpaired) electrons. The standard InChI is InChI=1S/C13H19N3O2/c1-18-12-4-6-16(11(7-12)8-14)13(17)10-3-2-5-15-9-10/h2-3,5,9,11-12H,4,6-8,14H2,1H3. The number of hydrogen-bond acceptors (Lipinski definition) is 4. The molecular formula is C13H19N3O2. The second-order valence-electron chi connectivity index (χ2n) is 4.51. The lowest BCUT2D eigenvalue weighted by atomic mass is 9.98. The van der Waals surface area contributed by atoms with Gasteiger partial charge in [-0.15, -0.1) is 0 Å². The Bertz CT molecular complexity index is 396. The van der Waals surface area contributed by atoms with Gasteiger partial charge in [0.15, 0.2) is 0 Å². The molecule has 5 nitrogen and oxygen atoms in total. The van der Waals surface area contributed by atoms with Gasteiger partial charge in [0.2, 0.25) is 0 Å². The van der Waals surface area contributed by atoms with Gasteiger partial charge < -0.3 is 15.4 Å². The van der Waals surface area contributed by atoms with Crippen LogP contribution in [-0.2, 0) is 4.74 Å². The normalized spacial score (nSPS) is 24.0. The molecule has 0 aromatic carbocycles. The molecule has 2 heterocycles. The van der Waals surface area contributed by atoms with Gasteiger partial charge in [0, 0.05) is 38.6 Å². The summed E-state index contributed by atoms with van der Waals surface area (Å²) in [7, 11) is 1.71. The molecule has 0 aliphatic carbocycles. The number of nitrogens with zero attached hydrogens (tertiary/aromatic N) is 2. The molecule has 98 valence electrons. The Morgan fingerprint density at radius 2 is 2.50 bits per heavy atom. The van der Waals surface area contributed by atoms with Gasteiger partial charge in [-0.25, -0.2) is 0 Å². The Balaban J connectivity index is 2.10. The lowest BCUT2D eigenvalue weighted by Gasteiger charge is -2.38. The van der Waals surface area contributed by atoms with Crippen molar-refractivity contribution in [3.63, 3.8) is 0 Å². The monoisotopic (exact) mass is 249 g/mol. The van der Waals surface area contributed by atoms with Crippen molar-refractivity contribution < 1.29 is 9.53 Å². The first kappa shape index (κ1) is 13.0. The number of hydrogen-bond donors (Lipinski definition) is 1. The molecule has 5 heteroatoms. The maximum atomic E-state index is 12.4. The number of amides is 1. The second kappa shape index (κ2) is 5.93. The van der Waals surface area contributed by atoms with E-state index >= 15 is 0 Å². The van der Waals surface area contributed by atoms with Crippen molar-refractivity contribution in [1.82, 2.24) is 9.88 Å². The van der Waals surface area contributed by atoms with Crippen LogP contribution in [0.2, 0.25) is 0 Å². The molecule has 1 aliphatic heterocycles. The predicted octanol–water partition coefficient (Wildman–Crippen LogP) is 0.660. The summed E-state index contributed by atoms with van der Waals surface area (Å²) in [6, 6.07) is 3.61. The van der Waals surface area contributed by atoms with Crippen molar-refractivity contribution in [3.8, 4) is 0 Å².